The normalized spacial score (nSPS) is 10.5. The Balaban J connectivity index is 2.13. The van der Waals surface area contributed by atoms with E-state index in [1.807, 2.05) is 0 Å². The van der Waals surface area contributed by atoms with Crippen LogP contribution in [-0.4, -0.2) is 42.8 Å². The van der Waals surface area contributed by atoms with Crippen LogP contribution in [0.5, 0.6) is 23.0 Å². The van der Waals surface area contributed by atoms with E-state index in [0.717, 1.165) is 0 Å². The molecule has 2 aromatic carbocycles. The highest BCUT2D eigenvalue weighted by atomic mass is 16.5. The number of benzene rings is 2. The van der Waals surface area contributed by atoms with Gasteiger partial charge < -0.3 is 24.4 Å². The topological polar surface area (TPSA) is 102 Å². The molecular weight excluding hydrogens is 340 g/mol. The minimum absolute atomic E-state index is 0.115. The molecule has 0 bridgehead atoms. The minimum atomic E-state index is -1.08. The minimum Gasteiger partial charge on any atom is -0.502 e. The van der Waals surface area contributed by atoms with E-state index in [1.165, 1.54) is 32.4 Å². The first-order chi connectivity index (χ1) is 12.4. The molecule has 0 amide bonds. The van der Waals surface area contributed by atoms with Crippen molar-refractivity contribution in [3.63, 3.8) is 0 Å². The molecule has 2 N–H and O–H groups in total. The zero-order chi connectivity index (χ0) is 19.1. The third-order valence-corrected chi connectivity index (χ3v) is 3.43. The van der Waals surface area contributed by atoms with Gasteiger partial charge in [-0.1, -0.05) is 6.08 Å². The van der Waals surface area contributed by atoms with Gasteiger partial charge in [0.25, 0.3) is 0 Å². The molecule has 26 heavy (non-hydrogen) atoms. The number of carbonyl (C=O) groups excluding carboxylic acids is 1. The number of ketones is 1. The van der Waals surface area contributed by atoms with Crippen molar-refractivity contribution in [3.8, 4) is 23.0 Å². The Bertz CT molecular complexity index is 797. The van der Waals surface area contributed by atoms with Crippen molar-refractivity contribution in [3.05, 3.63) is 53.6 Å². The van der Waals surface area contributed by atoms with Crippen molar-refractivity contribution in [2.45, 2.75) is 0 Å². The predicted molar refractivity (Wildman–Crippen MR) is 94.1 cm³/mol. The van der Waals surface area contributed by atoms with Crippen LogP contribution in [0, 0.1) is 0 Å². The lowest BCUT2D eigenvalue weighted by atomic mass is 10.1. The number of rotatable bonds is 8. The molecule has 136 valence electrons. The summed E-state index contributed by atoms with van der Waals surface area (Å²) >= 11 is 0. The molecule has 0 radical (unpaired) electrons. The number of carboxylic acids is 1. The van der Waals surface area contributed by atoms with Gasteiger partial charge in [0.1, 0.15) is 5.75 Å². The molecule has 2 aromatic rings. The number of aliphatic carboxylic acids is 1. The molecule has 0 unspecified atom stereocenters. The van der Waals surface area contributed by atoms with Crippen LogP contribution in [0.4, 0.5) is 0 Å². The number of phenolic OH excluding ortho intramolecular Hbond substituents is 1. The fourth-order valence-electron chi connectivity index (χ4n) is 2.14. The Hall–Kier alpha value is -3.48. The van der Waals surface area contributed by atoms with Crippen LogP contribution in [0.2, 0.25) is 0 Å². The maximum Gasteiger partial charge on any atom is 0.341 e. The second-order valence-corrected chi connectivity index (χ2v) is 5.18. The van der Waals surface area contributed by atoms with Crippen LogP contribution in [0.15, 0.2) is 42.5 Å². The van der Waals surface area contributed by atoms with Crippen LogP contribution in [-0.2, 0) is 4.79 Å². The number of phenols is 1. The monoisotopic (exact) mass is 358 g/mol. The molecule has 7 heteroatoms. The molecule has 0 aliphatic rings. The van der Waals surface area contributed by atoms with Gasteiger partial charge in [-0.05, 0) is 48.0 Å². The van der Waals surface area contributed by atoms with Crippen molar-refractivity contribution >= 4 is 17.8 Å². The maximum atomic E-state index is 12.2. The van der Waals surface area contributed by atoms with Crippen LogP contribution in [0.25, 0.3) is 6.08 Å². The zero-order valence-electron chi connectivity index (χ0n) is 14.3. The summed E-state index contributed by atoms with van der Waals surface area (Å²) in [6.07, 6.45) is 2.94. The van der Waals surface area contributed by atoms with Crippen molar-refractivity contribution in [1.29, 1.82) is 0 Å². The van der Waals surface area contributed by atoms with Gasteiger partial charge in [0.2, 0.25) is 5.75 Å². The summed E-state index contributed by atoms with van der Waals surface area (Å²) in [7, 11) is 2.84. The molecular formula is C19H18O7. The molecule has 0 saturated heterocycles. The molecule has 0 aromatic heterocycles. The zero-order valence-corrected chi connectivity index (χ0v) is 14.3. The molecule has 0 spiro atoms. The highest BCUT2D eigenvalue weighted by molar-refractivity contribution is 6.06. The molecule has 2 rings (SSSR count). The molecule has 7 nitrogen and oxygen atoms in total. The van der Waals surface area contributed by atoms with Crippen molar-refractivity contribution in [2.24, 2.45) is 0 Å². The first-order valence-electron chi connectivity index (χ1n) is 7.56. The first-order valence-corrected chi connectivity index (χ1v) is 7.56. The average molecular weight is 358 g/mol. The van der Waals surface area contributed by atoms with Crippen molar-refractivity contribution in [2.75, 3.05) is 20.8 Å². The standard InChI is InChI=1S/C19H18O7/c1-24-16-9-12(10-17(25-2)19(16)23)3-8-15(20)13-4-6-14(7-5-13)26-11-18(21)22/h3-10,23H,11H2,1-2H3,(H,21,22). The Kier molecular flexibility index (Phi) is 6.21. The number of carboxylic acid groups (broad SMARTS) is 1. The number of allylic oxidation sites excluding steroid dienone is 1. The summed E-state index contributed by atoms with van der Waals surface area (Å²) in [4.78, 5) is 22.7. The molecule has 0 fully saturated rings. The van der Waals surface area contributed by atoms with E-state index < -0.39 is 12.6 Å². The number of carbonyl (C=O) groups is 2. The van der Waals surface area contributed by atoms with E-state index in [2.05, 4.69) is 0 Å². The van der Waals surface area contributed by atoms with Gasteiger partial charge in [0, 0.05) is 5.56 Å². The van der Waals surface area contributed by atoms with Gasteiger partial charge in [-0.15, -0.1) is 0 Å². The predicted octanol–water partition coefficient (Wildman–Crippen LogP) is 2.77. The first kappa shape index (κ1) is 18.9. The van der Waals surface area contributed by atoms with Gasteiger partial charge in [-0.25, -0.2) is 4.79 Å². The third-order valence-electron chi connectivity index (χ3n) is 3.43. The van der Waals surface area contributed by atoms with Crippen LogP contribution < -0.4 is 14.2 Å². The molecule has 0 aliphatic heterocycles. The molecule has 0 saturated carbocycles. The summed E-state index contributed by atoms with van der Waals surface area (Å²) in [5, 5.41) is 18.4. The third kappa shape index (κ3) is 4.76. The Morgan fingerprint density at radius 3 is 2.12 bits per heavy atom. The van der Waals surface area contributed by atoms with E-state index in [9.17, 15) is 14.7 Å². The van der Waals surface area contributed by atoms with Gasteiger partial charge >= 0.3 is 5.97 Å². The van der Waals surface area contributed by atoms with E-state index >= 15 is 0 Å². The quantitative estimate of drug-likeness (QED) is 0.552. The van der Waals surface area contributed by atoms with Crippen LogP contribution in [0.3, 0.4) is 0 Å². The molecule has 0 aliphatic carbocycles. The van der Waals surface area contributed by atoms with E-state index in [0.29, 0.717) is 16.9 Å². The second kappa shape index (κ2) is 8.57. The van der Waals surface area contributed by atoms with E-state index in [1.54, 1.807) is 30.3 Å². The Labute approximate surface area is 150 Å². The average Bonchev–Trinajstić information content (AvgIpc) is 2.65. The molecule has 0 atom stereocenters. The number of hydrogen-bond donors (Lipinski definition) is 2. The van der Waals surface area contributed by atoms with Gasteiger partial charge in [0.05, 0.1) is 14.2 Å². The Morgan fingerprint density at radius 2 is 1.62 bits per heavy atom. The van der Waals surface area contributed by atoms with E-state index in [-0.39, 0.29) is 23.0 Å². The van der Waals surface area contributed by atoms with Gasteiger partial charge in [0.15, 0.2) is 23.9 Å². The number of ether oxygens (including phenoxy) is 3. The van der Waals surface area contributed by atoms with Crippen LogP contribution in [0.1, 0.15) is 15.9 Å². The lowest BCUT2D eigenvalue weighted by Crippen LogP contribution is -2.09. The summed E-state index contributed by atoms with van der Waals surface area (Å²) in [5.74, 6) is -0.613. The highest BCUT2D eigenvalue weighted by Crippen LogP contribution is 2.37. The van der Waals surface area contributed by atoms with Gasteiger partial charge in [-0.3, -0.25) is 4.79 Å². The summed E-state index contributed by atoms with van der Waals surface area (Å²) in [5.41, 5.74) is 1.04. The fraction of sp³-hybridized carbons (Fsp3) is 0.158. The summed E-state index contributed by atoms with van der Waals surface area (Å²) in [6, 6.07) is 9.28. The lowest BCUT2D eigenvalue weighted by Gasteiger charge is -2.09. The summed E-state index contributed by atoms with van der Waals surface area (Å²) < 4.78 is 15.1. The highest BCUT2D eigenvalue weighted by Gasteiger charge is 2.10. The van der Waals surface area contributed by atoms with Gasteiger partial charge in [-0.2, -0.15) is 0 Å². The number of aromatic hydroxyl groups is 1. The van der Waals surface area contributed by atoms with Crippen LogP contribution >= 0.6 is 0 Å². The fourth-order valence-corrected chi connectivity index (χ4v) is 2.14. The maximum absolute atomic E-state index is 12.2. The second-order valence-electron chi connectivity index (χ2n) is 5.18. The largest absolute Gasteiger partial charge is 0.502 e. The van der Waals surface area contributed by atoms with Crippen molar-refractivity contribution < 1.29 is 34.0 Å². The molecule has 0 heterocycles. The number of hydrogen-bond acceptors (Lipinski definition) is 6. The SMILES string of the molecule is COc1cc(C=CC(=O)c2ccc(OCC(=O)O)cc2)cc(OC)c1O. The summed E-state index contributed by atoms with van der Waals surface area (Å²) in [6.45, 7) is -0.447. The Morgan fingerprint density at radius 1 is 1.04 bits per heavy atom. The van der Waals surface area contributed by atoms with Crippen molar-refractivity contribution in [1.82, 2.24) is 0 Å². The van der Waals surface area contributed by atoms with E-state index in [4.69, 9.17) is 19.3 Å². The number of methoxy groups -OCH3 is 2. The smallest absolute Gasteiger partial charge is 0.341 e. The lowest BCUT2D eigenvalue weighted by molar-refractivity contribution is -0.139.